The largest absolute Gasteiger partial charge is 0.397 e. The van der Waals surface area contributed by atoms with Gasteiger partial charge in [0.25, 0.3) is 10.1 Å². The van der Waals surface area contributed by atoms with Gasteiger partial charge in [-0.1, -0.05) is 0 Å². The van der Waals surface area contributed by atoms with Crippen LogP contribution in [0.3, 0.4) is 0 Å². The zero-order valence-corrected chi connectivity index (χ0v) is 18.5. The first-order valence-corrected chi connectivity index (χ1v) is 13.0. The number of anilines is 1. The van der Waals surface area contributed by atoms with Crippen molar-refractivity contribution < 1.29 is 38.5 Å². The predicted octanol–water partition coefficient (Wildman–Crippen LogP) is 2.26. The molecule has 0 atom stereocenters. The van der Waals surface area contributed by atoms with Crippen molar-refractivity contribution in [3.05, 3.63) is 48.0 Å². The molecule has 12 nitrogen and oxygen atoms in total. The van der Waals surface area contributed by atoms with Crippen LogP contribution >= 0.6 is 0 Å². The van der Waals surface area contributed by atoms with Gasteiger partial charge in [0.2, 0.25) is 0 Å². The van der Waals surface area contributed by atoms with Gasteiger partial charge in [-0.25, -0.2) is 12.6 Å². The number of aryl methyl sites for hydroxylation is 1. The van der Waals surface area contributed by atoms with Crippen LogP contribution < -0.4 is 5.32 Å². The fourth-order valence-electron chi connectivity index (χ4n) is 2.25. The van der Waals surface area contributed by atoms with Crippen molar-refractivity contribution in [3.63, 3.8) is 0 Å². The molecule has 0 aliphatic carbocycles. The maximum atomic E-state index is 12.1. The Morgan fingerprint density at radius 1 is 0.935 bits per heavy atom. The Bertz CT molecular complexity index is 1270. The minimum absolute atomic E-state index is 0.0872. The second-order valence-corrected chi connectivity index (χ2v) is 10.8. The number of hydrogen-bond donors (Lipinski definition) is 3. The van der Waals surface area contributed by atoms with Crippen LogP contribution in [0.25, 0.3) is 0 Å². The van der Waals surface area contributed by atoms with Crippen LogP contribution in [0.4, 0.5) is 17.1 Å². The van der Waals surface area contributed by atoms with Crippen LogP contribution in [0.15, 0.2) is 57.6 Å². The van der Waals surface area contributed by atoms with E-state index in [2.05, 4.69) is 19.7 Å². The van der Waals surface area contributed by atoms with E-state index < -0.39 is 48.6 Å². The van der Waals surface area contributed by atoms with Gasteiger partial charge in [-0.05, 0) is 55.0 Å². The highest BCUT2D eigenvalue weighted by Gasteiger charge is 2.16. The van der Waals surface area contributed by atoms with Gasteiger partial charge in [-0.15, -0.1) is 0 Å². The summed E-state index contributed by atoms with van der Waals surface area (Å²) in [6.45, 7) is 0.994. The van der Waals surface area contributed by atoms with Gasteiger partial charge in [-0.3, -0.25) is 9.11 Å². The van der Waals surface area contributed by atoms with Gasteiger partial charge >= 0.3 is 10.4 Å². The topological polar surface area (TPSA) is 189 Å². The average molecular weight is 494 g/mol. The van der Waals surface area contributed by atoms with Crippen molar-refractivity contribution in [1.82, 2.24) is 0 Å². The Morgan fingerprint density at radius 3 is 2.13 bits per heavy atom. The molecule has 3 N–H and O–H groups in total. The van der Waals surface area contributed by atoms with E-state index in [1.165, 1.54) is 24.3 Å². The molecule has 15 heteroatoms. The van der Waals surface area contributed by atoms with Crippen molar-refractivity contribution in [1.29, 1.82) is 0 Å². The summed E-state index contributed by atoms with van der Waals surface area (Å²) >= 11 is 0. The molecule has 0 fully saturated rings. The van der Waals surface area contributed by atoms with Gasteiger partial charge in [0.15, 0.2) is 9.84 Å². The lowest BCUT2D eigenvalue weighted by Crippen LogP contribution is -2.15. The smallest absolute Gasteiger partial charge is 0.370 e. The number of azo groups is 1. The molecule has 0 aliphatic heterocycles. The fourth-order valence-corrected chi connectivity index (χ4v) is 4.09. The van der Waals surface area contributed by atoms with Crippen LogP contribution in [-0.2, 0) is 34.5 Å². The summed E-state index contributed by atoms with van der Waals surface area (Å²) in [4.78, 5) is -0.0872. The van der Waals surface area contributed by atoms with Crippen molar-refractivity contribution in [2.24, 2.45) is 10.2 Å². The summed E-state index contributed by atoms with van der Waals surface area (Å²) in [5.74, 6) is -1.28. The molecule has 0 amide bonds. The van der Waals surface area contributed by atoms with Crippen molar-refractivity contribution in [2.75, 3.05) is 23.6 Å². The molecule has 0 heterocycles. The van der Waals surface area contributed by atoms with E-state index in [0.717, 1.165) is 0 Å². The molecule has 2 rings (SSSR count). The number of nitrogens with one attached hydrogen (secondary N) is 1. The van der Waals surface area contributed by atoms with E-state index in [9.17, 15) is 25.3 Å². The molecular formula is C16H19N3O9S3. The maximum absolute atomic E-state index is 12.1. The van der Waals surface area contributed by atoms with Crippen molar-refractivity contribution in [3.8, 4) is 0 Å². The Morgan fingerprint density at radius 2 is 1.58 bits per heavy atom. The highest BCUT2D eigenvalue weighted by molar-refractivity contribution is 7.91. The fraction of sp³-hybridized carbons (Fsp3) is 0.250. The van der Waals surface area contributed by atoms with Crippen LogP contribution in [0.5, 0.6) is 0 Å². The lowest BCUT2D eigenvalue weighted by atomic mass is 10.2. The van der Waals surface area contributed by atoms with Crippen LogP contribution in [-0.4, -0.2) is 52.6 Å². The third-order valence-electron chi connectivity index (χ3n) is 3.71. The highest BCUT2D eigenvalue weighted by atomic mass is 32.3. The molecule has 0 radical (unpaired) electrons. The van der Waals surface area contributed by atoms with E-state index in [1.807, 2.05) is 0 Å². The normalized spacial score (nSPS) is 12.9. The molecule has 31 heavy (non-hydrogen) atoms. The lowest BCUT2D eigenvalue weighted by Gasteiger charge is -2.07. The third kappa shape index (κ3) is 8.68. The minimum atomic E-state index is -4.72. The summed E-state index contributed by atoms with van der Waals surface area (Å²) in [5, 5.41) is 10.6. The summed E-state index contributed by atoms with van der Waals surface area (Å²) in [6.07, 6.45) is 0. The highest BCUT2D eigenvalue weighted by Crippen LogP contribution is 2.25. The molecule has 0 saturated carbocycles. The SMILES string of the molecule is Cc1cc(NCS(=O)(=O)O)ccc1/N=N/c1ccc(S(=O)(=O)CCOS(=O)(=O)O)cc1. The monoisotopic (exact) mass is 493 g/mol. The number of sulfone groups is 1. The van der Waals surface area contributed by atoms with Gasteiger partial charge in [0.05, 0.1) is 28.6 Å². The zero-order chi connectivity index (χ0) is 23.3. The van der Waals surface area contributed by atoms with Gasteiger partial charge in [-0.2, -0.15) is 27.1 Å². The molecule has 0 saturated heterocycles. The van der Waals surface area contributed by atoms with E-state index in [4.69, 9.17) is 9.11 Å². The van der Waals surface area contributed by atoms with Gasteiger partial charge in [0.1, 0.15) is 5.88 Å². The molecule has 0 unspecified atom stereocenters. The molecule has 170 valence electrons. The van der Waals surface area contributed by atoms with Crippen LogP contribution in [0, 0.1) is 6.92 Å². The van der Waals surface area contributed by atoms with E-state index in [-0.39, 0.29) is 4.90 Å². The molecule has 0 aliphatic rings. The standard InChI is InChI=1S/C16H19N3O9S3/c1-12-10-14(17-11-30(22,23)24)4-7-16(12)19-18-13-2-5-15(6-3-13)29(20,21)9-8-28-31(25,26)27/h2-7,10,17H,8-9,11H2,1H3,(H,22,23,24)(H,25,26,27)/b19-18+. The molecule has 2 aromatic carbocycles. The predicted molar refractivity (Wildman–Crippen MR) is 111 cm³/mol. The van der Waals surface area contributed by atoms with E-state index in [0.29, 0.717) is 22.6 Å². The summed E-state index contributed by atoms with van der Waals surface area (Å²) < 4.78 is 88.0. The third-order valence-corrected chi connectivity index (χ3v) is 6.38. The molecule has 0 aromatic heterocycles. The first kappa shape index (κ1) is 24.8. The Hall–Kier alpha value is -2.43. The van der Waals surface area contributed by atoms with Crippen molar-refractivity contribution >= 4 is 47.4 Å². The molecular weight excluding hydrogens is 474 g/mol. The second-order valence-electron chi connectivity index (χ2n) is 6.17. The summed E-state index contributed by atoms with van der Waals surface area (Å²) in [7, 11) is -12.7. The lowest BCUT2D eigenvalue weighted by molar-refractivity contribution is 0.284. The summed E-state index contributed by atoms with van der Waals surface area (Å²) in [5.41, 5.74) is 1.96. The Labute approximate surface area is 179 Å². The molecule has 0 bridgehead atoms. The average Bonchev–Trinajstić information content (AvgIpc) is 2.64. The first-order chi connectivity index (χ1) is 14.3. The van der Waals surface area contributed by atoms with Gasteiger partial charge < -0.3 is 5.32 Å². The Kier molecular flexibility index (Phi) is 7.85. The summed E-state index contributed by atoms with van der Waals surface area (Å²) in [6, 6.07) is 10.1. The maximum Gasteiger partial charge on any atom is 0.397 e. The van der Waals surface area contributed by atoms with E-state index >= 15 is 0 Å². The van der Waals surface area contributed by atoms with Crippen LogP contribution in [0.1, 0.15) is 5.56 Å². The first-order valence-electron chi connectivity index (χ1n) is 8.41. The zero-order valence-electron chi connectivity index (χ0n) is 16.0. The van der Waals surface area contributed by atoms with Crippen LogP contribution in [0.2, 0.25) is 0 Å². The number of rotatable bonds is 10. The minimum Gasteiger partial charge on any atom is -0.370 e. The number of nitrogens with zero attached hydrogens (tertiary/aromatic N) is 2. The Balaban J connectivity index is 2.05. The van der Waals surface area contributed by atoms with E-state index in [1.54, 1.807) is 25.1 Å². The van der Waals surface area contributed by atoms with Crippen molar-refractivity contribution in [2.45, 2.75) is 11.8 Å². The molecule has 2 aromatic rings. The molecule has 0 spiro atoms. The quantitative estimate of drug-likeness (QED) is 0.327. The number of hydrogen-bond acceptors (Lipinski definition) is 10. The number of benzene rings is 2. The second kappa shape index (κ2) is 9.80. The van der Waals surface area contributed by atoms with Gasteiger partial charge in [0, 0.05) is 5.69 Å².